The number of aromatic nitrogens is 1. The van der Waals surface area contributed by atoms with Gasteiger partial charge in [-0.2, -0.15) is 13.2 Å². The molecular formula is C27H28F3N3O3. The lowest BCUT2D eigenvalue weighted by Crippen LogP contribution is -2.48. The van der Waals surface area contributed by atoms with Crippen molar-refractivity contribution in [3.05, 3.63) is 64.3 Å². The molecule has 1 atom stereocenters. The maximum Gasteiger partial charge on any atom is 0.433 e. The lowest BCUT2D eigenvalue weighted by molar-refractivity contribution is -0.140. The zero-order chi connectivity index (χ0) is 25.8. The summed E-state index contributed by atoms with van der Waals surface area (Å²) in [4.78, 5) is 18.4. The van der Waals surface area contributed by atoms with Gasteiger partial charge in [0, 0.05) is 28.5 Å². The summed E-state index contributed by atoms with van der Waals surface area (Å²) >= 11 is 0. The van der Waals surface area contributed by atoms with E-state index in [2.05, 4.69) is 9.88 Å². The summed E-state index contributed by atoms with van der Waals surface area (Å²) in [5.74, 6) is 0.423. The van der Waals surface area contributed by atoms with E-state index in [0.717, 1.165) is 48.6 Å². The molecule has 190 valence electrons. The molecule has 2 aliphatic rings. The number of fused-ring (bicyclic) bond motifs is 1. The van der Waals surface area contributed by atoms with Crippen molar-refractivity contribution in [2.45, 2.75) is 43.8 Å². The van der Waals surface area contributed by atoms with Gasteiger partial charge in [0.05, 0.1) is 12.6 Å². The number of nitrogens with two attached hydrogens (primary N) is 1. The van der Waals surface area contributed by atoms with E-state index in [-0.39, 0.29) is 5.52 Å². The van der Waals surface area contributed by atoms with E-state index < -0.39 is 23.2 Å². The quantitative estimate of drug-likeness (QED) is 0.504. The van der Waals surface area contributed by atoms with Crippen LogP contribution in [-0.4, -0.2) is 49.1 Å². The Bertz CT molecular complexity index is 1350. The Morgan fingerprint density at radius 3 is 2.44 bits per heavy atom. The summed E-state index contributed by atoms with van der Waals surface area (Å²) < 4.78 is 51.6. The number of primary amides is 1. The number of likely N-dealkylation sites (tertiary alicyclic amines) is 1. The van der Waals surface area contributed by atoms with Crippen molar-refractivity contribution < 1.29 is 27.4 Å². The predicted molar refractivity (Wildman–Crippen MR) is 130 cm³/mol. The number of amides is 1. The van der Waals surface area contributed by atoms with Crippen molar-refractivity contribution in [1.82, 2.24) is 9.88 Å². The standard InChI is InChI=1S/C27H28F3N3O3/c1-15-20(25(31)34)10-18(36-14-16-6-9-33(16)2)12-21(15)26(7-8-26)22-11-17(35-3)13-23-19(22)4-5-24(32-23)27(28,29)30/h4-5,10-13,16H,6-9,14H2,1-3H3,(H2,31,34). The van der Waals surface area contributed by atoms with Crippen molar-refractivity contribution >= 4 is 16.8 Å². The molecule has 6 nitrogen and oxygen atoms in total. The Morgan fingerprint density at radius 2 is 1.89 bits per heavy atom. The van der Waals surface area contributed by atoms with Crippen LogP contribution in [-0.2, 0) is 11.6 Å². The molecule has 0 spiro atoms. The number of nitrogens with zero attached hydrogens (tertiary/aromatic N) is 2. The van der Waals surface area contributed by atoms with Crippen LogP contribution in [0.25, 0.3) is 10.9 Å². The van der Waals surface area contributed by atoms with Crippen LogP contribution < -0.4 is 15.2 Å². The summed E-state index contributed by atoms with van der Waals surface area (Å²) in [6.45, 7) is 3.37. The number of methoxy groups -OCH3 is 1. The first kappa shape index (κ1) is 24.4. The number of hydrogen-bond donors (Lipinski definition) is 1. The fourth-order valence-electron chi connectivity index (χ4n) is 5.19. The smallest absolute Gasteiger partial charge is 0.433 e. The van der Waals surface area contributed by atoms with Gasteiger partial charge in [0.25, 0.3) is 0 Å². The summed E-state index contributed by atoms with van der Waals surface area (Å²) in [5, 5.41) is 0.615. The van der Waals surface area contributed by atoms with Gasteiger partial charge < -0.3 is 15.2 Å². The Morgan fingerprint density at radius 1 is 1.17 bits per heavy atom. The number of halogens is 3. The third-order valence-corrected chi connectivity index (χ3v) is 7.62. The fraction of sp³-hybridized carbons (Fsp3) is 0.407. The summed E-state index contributed by atoms with van der Waals surface area (Å²) in [6, 6.07) is 9.78. The van der Waals surface area contributed by atoms with Gasteiger partial charge in [-0.3, -0.25) is 9.69 Å². The molecule has 36 heavy (non-hydrogen) atoms. The van der Waals surface area contributed by atoms with Gasteiger partial charge in [0.1, 0.15) is 23.8 Å². The van der Waals surface area contributed by atoms with Crippen LogP contribution in [0.3, 0.4) is 0 Å². The second-order valence-corrected chi connectivity index (χ2v) is 9.76. The SMILES string of the molecule is COc1cc(C2(c3cc(OCC4CCN4C)cc(C(N)=O)c3C)CC2)c2ccc(C(F)(F)F)nc2c1. The molecular weight excluding hydrogens is 471 g/mol. The molecule has 0 bridgehead atoms. The Balaban J connectivity index is 1.64. The maximum absolute atomic E-state index is 13.4. The Kier molecular flexibility index (Phi) is 5.86. The Hall–Kier alpha value is -3.33. The highest BCUT2D eigenvalue weighted by atomic mass is 19.4. The van der Waals surface area contributed by atoms with Crippen molar-refractivity contribution in [1.29, 1.82) is 0 Å². The maximum atomic E-state index is 13.4. The molecule has 0 radical (unpaired) electrons. The van der Waals surface area contributed by atoms with Gasteiger partial charge in [-0.25, -0.2) is 4.98 Å². The first-order chi connectivity index (χ1) is 17.0. The normalized spacial score (nSPS) is 19.1. The molecule has 2 N–H and O–H groups in total. The van der Waals surface area contributed by atoms with Crippen molar-refractivity contribution in [3.8, 4) is 11.5 Å². The fourth-order valence-corrected chi connectivity index (χ4v) is 5.19. The highest BCUT2D eigenvalue weighted by molar-refractivity contribution is 5.95. The highest BCUT2D eigenvalue weighted by Crippen LogP contribution is 2.57. The monoisotopic (exact) mass is 499 g/mol. The van der Waals surface area contributed by atoms with Crippen molar-refractivity contribution in [2.24, 2.45) is 5.73 Å². The van der Waals surface area contributed by atoms with Crippen LogP contribution in [0.4, 0.5) is 13.2 Å². The molecule has 1 aliphatic heterocycles. The lowest BCUT2D eigenvalue weighted by atomic mass is 9.81. The lowest BCUT2D eigenvalue weighted by Gasteiger charge is -2.37. The van der Waals surface area contributed by atoms with Crippen LogP contribution in [0.1, 0.15) is 52.0 Å². The molecule has 1 saturated carbocycles. The minimum Gasteiger partial charge on any atom is -0.497 e. The molecule has 3 aromatic rings. The van der Waals surface area contributed by atoms with Crippen molar-refractivity contribution in [2.75, 3.05) is 27.3 Å². The van der Waals surface area contributed by atoms with Crippen LogP contribution in [0.2, 0.25) is 0 Å². The van der Waals surface area contributed by atoms with Gasteiger partial charge in [0.15, 0.2) is 0 Å². The topological polar surface area (TPSA) is 77.7 Å². The van der Waals surface area contributed by atoms with Gasteiger partial charge in [-0.05, 0) is 80.7 Å². The first-order valence-corrected chi connectivity index (χ1v) is 11.9. The zero-order valence-electron chi connectivity index (χ0n) is 20.4. The third-order valence-electron chi connectivity index (χ3n) is 7.62. The van der Waals surface area contributed by atoms with Gasteiger partial charge in [-0.1, -0.05) is 6.07 Å². The van der Waals surface area contributed by atoms with E-state index in [4.69, 9.17) is 15.2 Å². The molecule has 1 saturated heterocycles. The summed E-state index contributed by atoms with van der Waals surface area (Å²) in [7, 11) is 3.51. The number of pyridine rings is 1. The van der Waals surface area contributed by atoms with E-state index in [1.165, 1.54) is 19.2 Å². The minimum atomic E-state index is -4.55. The molecule has 2 fully saturated rings. The summed E-state index contributed by atoms with van der Waals surface area (Å²) in [6.07, 6.45) is -2.00. The number of rotatable bonds is 7. The number of alkyl halides is 3. The summed E-state index contributed by atoms with van der Waals surface area (Å²) in [5.41, 5.74) is 7.26. The van der Waals surface area contributed by atoms with E-state index in [0.29, 0.717) is 35.1 Å². The van der Waals surface area contributed by atoms with Gasteiger partial charge in [-0.15, -0.1) is 0 Å². The minimum absolute atomic E-state index is 0.207. The number of ether oxygens (including phenoxy) is 2. The average molecular weight is 500 g/mol. The number of hydrogen-bond acceptors (Lipinski definition) is 5. The Labute approximate surface area is 207 Å². The van der Waals surface area contributed by atoms with E-state index in [1.54, 1.807) is 6.07 Å². The first-order valence-electron chi connectivity index (χ1n) is 11.9. The van der Waals surface area contributed by atoms with Crippen molar-refractivity contribution in [3.63, 3.8) is 0 Å². The number of carbonyl (C=O) groups excluding carboxylic acids is 1. The van der Waals surface area contributed by atoms with Crippen LogP contribution in [0.5, 0.6) is 11.5 Å². The number of likely N-dealkylation sites (N-methyl/N-ethyl adjacent to an activating group) is 1. The zero-order valence-corrected chi connectivity index (χ0v) is 20.4. The molecule has 2 aromatic carbocycles. The van der Waals surface area contributed by atoms with E-state index >= 15 is 0 Å². The van der Waals surface area contributed by atoms with E-state index in [1.807, 2.05) is 26.1 Å². The largest absolute Gasteiger partial charge is 0.497 e. The number of carbonyl (C=O) groups is 1. The molecule has 1 amide bonds. The molecule has 1 unspecified atom stereocenters. The van der Waals surface area contributed by atoms with E-state index in [9.17, 15) is 18.0 Å². The van der Waals surface area contributed by atoms with Crippen LogP contribution in [0.15, 0.2) is 36.4 Å². The second-order valence-electron chi connectivity index (χ2n) is 9.76. The molecule has 5 rings (SSSR count). The van der Waals surface area contributed by atoms with Gasteiger partial charge in [0.2, 0.25) is 5.91 Å². The molecule has 1 aliphatic carbocycles. The highest BCUT2D eigenvalue weighted by Gasteiger charge is 2.49. The molecule has 2 heterocycles. The second kappa shape index (κ2) is 8.65. The molecule has 9 heteroatoms. The average Bonchev–Trinajstić information content (AvgIpc) is 3.63. The van der Waals surface area contributed by atoms with Crippen LogP contribution >= 0.6 is 0 Å². The predicted octanol–water partition coefficient (Wildman–Crippen LogP) is 4.83. The third kappa shape index (κ3) is 4.15. The van der Waals surface area contributed by atoms with Crippen LogP contribution in [0, 0.1) is 6.92 Å². The van der Waals surface area contributed by atoms with Gasteiger partial charge >= 0.3 is 6.18 Å². The number of benzene rings is 2. The molecule has 1 aromatic heterocycles.